The summed E-state index contributed by atoms with van der Waals surface area (Å²) in [5.74, 6) is 0. The maximum absolute atomic E-state index is 3.51. The standard InChI is InChI=1S/C18H17NS/c1-20-17-10-5-9-16(12-17)19-13-15-8-4-7-14-6-2-3-11-18(14)15/h2-12,19H,13H2,1H3. The highest BCUT2D eigenvalue weighted by Gasteiger charge is 2.00. The summed E-state index contributed by atoms with van der Waals surface area (Å²) in [5, 5.41) is 6.13. The van der Waals surface area contributed by atoms with Crippen molar-refractivity contribution in [3.8, 4) is 0 Å². The van der Waals surface area contributed by atoms with Crippen LogP contribution < -0.4 is 5.32 Å². The number of fused-ring (bicyclic) bond motifs is 1. The lowest BCUT2D eigenvalue weighted by atomic mass is 10.0. The van der Waals surface area contributed by atoms with E-state index in [1.807, 2.05) is 0 Å². The van der Waals surface area contributed by atoms with Gasteiger partial charge in [-0.05, 0) is 40.8 Å². The zero-order chi connectivity index (χ0) is 13.8. The van der Waals surface area contributed by atoms with Gasteiger partial charge in [0.1, 0.15) is 0 Å². The third-order valence-electron chi connectivity index (χ3n) is 3.43. The SMILES string of the molecule is CSc1cccc(NCc2cccc3ccccc23)c1. The molecule has 3 aromatic rings. The van der Waals surface area contributed by atoms with Crippen LogP contribution in [0.4, 0.5) is 5.69 Å². The summed E-state index contributed by atoms with van der Waals surface area (Å²) in [5.41, 5.74) is 2.50. The molecule has 0 radical (unpaired) electrons. The van der Waals surface area contributed by atoms with Crippen molar-refractivity contribution in [2.24, 2.45) is 0 Å². The first kappa shape index (κ1) is 13.1. The smallest absolute Gasteiger partial charge is 0.0406 e. The van der Waals surface area contributed by atoms with Crippen LogP contribution in [0.15, 0.2) is 71.6 Å². The summed E-state index contributed by atoms with van der Waals surface area (Å²) in [6.45, 7) is 0.846. The van der Waals surface area contributed by atoms with Gasteiger partial charge in [0.25, 0.3) is 0 Å². The van der Waals surface area contributed by atoms with Gasteiger partial charge in [-0.1, -0.05) is 48.5 Å². The van der Waals surface area contributed by atoms with Gasteiger partial charge in [0.2, 0.25) is 0 Å². The van der Waals surface area contributed by atoms with E-state index in [2.05, 4.69) is 78.3 Å². The molecule has 3 aromatic carbocycles. The quantitative estimate of drug-likeness (QED) is 0.661. The predicted molar refractivity (Wildman–Crippen MR) is 89.5 cm³/mol. The summed E-state index contributed by atoms with van der Waals surface area (Å²) in [4.78, 5) is 1.29. The Labute approximate surface area is 124 Å². The number of nitrogens with one attached hydrogen (secondary N) is 1. The number of anilines is 1. The lowest BCUT2D eigenvalue weighted by Gasteiger charge is -2.10. The molecule has 0 aliphatic carbocycles. The molecule has 1 N–H and O–H groups in total. The van der Waals surface area contributed by atoms with Gasteiger partial charge in [-0.25, -0.2) is 0 Å². The first-order valence-electron chi connectivity index (χ1n) is 6.71. The van der Waals surface area contributed by atoms with Crippen molar-refractivity contribution >= 4 is 28.2 Å². The van der Waals surface area contributed by atoms with Crippen LogP contribution in [-0.2, 0) is 6.54 Å². The first-order valence-corrected chi connectivity index (χ1v) is 7.94. The van der Waals surface area contributed by atoms with E-state index < -0.39 is 0 Å². The van der Waals surface area contributed by atoms with E-state index in [0.29, 0.717) is 0 Å². The van der Waals surface area contributed by atoms with E-state index in [-0.39, 0.29) is 0 Å². The Morgan fingerprint density at radius 2 is 1.70 bits per heavy atom. The van der Waals surface area contributed by atoms with E-state index in [0.717, 1.165) is 6.54 Å². The van der Waals surface area contributed by atoms with Crippen LogP contribution in [0.1, 0.15) is 5.56 Å². The number of hydrogen-bond donors (Lipinski definition) is 1. The molecular weight excluding hydrogens is 262 g/mol. The second-order valence-corrected chi connectivity index (χ2v) is 5.60. The molecule has 0 atom stereocenters. The molecule has 0 unspecified atom stereocenters. The molecule has 0 aliphatic heterocycles. The summed E-state index contributed by atoms with van der Waals surface area (Å²) < 4.78 is 0. The number of hydrogen-bond acceptors (Lipinski definition) is 2. The van der Waals surface area contributed by atoms with Crippen LogP contribution in [0.3, 0.4) is 0 Å². The van der Waals surface area contributed by atoms with Crippen LogP contribution in [0.5, 0.6) is 0 Å². The Balaban J connectivity index is 1.83. The van der Waals surface area contributed by atoms with Gasteiger partial charge in [-0.15, -0.1) is 11.8 Å². The third kappa shape index (κ3) is 2.81. The summed E-state index contributed by atoms with van der Waals surface area (Å²) >= 11 is 1.77. The van der Waals surface area contributed by atoms with Gasteiger partial charge >= 0.3 is 0 Å². The number of benzene rings is 3. The minimum Gasteiger partial charge on any atom is -0.381 e. The summed E-state index contributed by atoms with van der Waals surface area (Å²) in [7, 11) is 0. The molecule has 2 heteroatoms. The molecule has 0 bridgehead atoms. The molecule has 0 saturated carbocycles. The van der Waals surface area contributed by atoms with Gasteiger partial charge in [-0.3, -0.25) is 0 Å². The molecule has 0 heterocycles. The summed E-state index contributed by atoms with van der Waals surface area (Å²) in [6.07, 6.45) is 2.10. The maximum atomic E-state index is 3.51. The minimum atomic E-state index is 0.846. The number of thioether (sulfide) groups is 1. The third-order valence-corrected chi connectivity index (χ3v) is 4.16. The van der Waals surface area contributed by atoms with Gasteiger partial charge in [-0.2, -0.15) is 0 Å². The summed E-state index contributed by atoms with van der Waals surface area (Å²) in [6, 6.07) is 23.5. The first-order chi connectivity index (χ1) is 9.86. The van der Waals surface area contributed by atoms with Gasteiger partial charge in [0, 0.05) is 17.1 Å². The highest BCUT2D eigenvalue weighted by atomic mass is 32.2. The van der Waals surface area contributed by atoms with Crippen molar-refractivity contribution in [2.75, 3.05) is 11.6 Å². The van der Waals surface area contributed by atoms with Crippen LogP contribution in [0.25, 0.3) is 10.8 Å². The zero-order valence-electron chi connectivity index (χ0n) is 11.5. The molecule has 0 spiro atoms. The Morgan fingerprint density at radius 1 is 0.900 bits per heavy atom. The Kier molecular flexibility index (Phi) is 3.93. The van der Waals surface area contributed by atoms with Gasteiger partial charge < -0.3 is 5.32 Å². The van der Waals surface area contributed by atoms with Crippen molar-refractivity contribution in [1.29, 1.82) is 0 Å². The van der Waals surface area contributed by atoms with E-state index in [1.165, 1.54) is 26.9 Å². The molecule has 0 aliphatic rings. The van der Waals surface area contributed by atoms with Crippen LogP contribution in [0.2, 0.25) is 0 Å². The fourth-order valence-corrected chi connectivity index (χ4v) is 2.84. The zero-order valence-corrected chi connectivity index (χ0v) is 12.3. The van der Waals surface area contributed by atoms with Crippen molar-refractivity contribution in [3.05, 3.63) is 72.3 Å². The topological polar surface area (TPSA) is 12.0 Å². The van der Waals surface area contributed by atoms with E-state index in [1.54, 1.807) is 11.8 Å². The van der Waals surface area contributed by atoms with E-state index in [4.69, 9.17) is 0 Å². The van der Waals surface area contributed by atoms with E-state index in [9.17, 15) is 0 Å². The highest BCUT2D eigenvalue weighted by Crippen LogP contribution is 2.22. The largest absolute Gasteiger partial charge is 0.381 e. The minimum absolute atomic E-state index is 0.846. The lowest BCUT2D eigenvalue weighted by molar-refractivity contribution is 1.16. The van der Waals surface area contributed by atoms with Crippen LogP contribution in [0, 0.1) is 0 Å². The molecule has 0 saturated heterocycles. The maximum Gasteiger partial charge on any atom is 0.0406 e. The van der Waals surface area contributed by atoms with Gasteiger partial charge in [0.15, 0.2) is 0 Å². The van der Waals surface area contributed by atoms with Crippen molar-refractivity contribution < 1.29 is 0 Å². The second-order valence-electron chi connectivity index (χ2n) is 4.72. The molecule has 100 valence electrons. The van der Waals surface area contributed by atoms with E-state index >= 15 is 0 Å². The van der Waals surface area contributed by atoms with Crippen molar-refractivity contribution in [1.82, 2.24) is 0 Å². The average Bonchev–Trinajstić information content (AvgIpc) is 2.53. The Morgan fingerprint density at radius 3 is 2.60 bits per heavy atom. The number of rotatable bonds is 4. The van der Waals surface area contributed by atoms with Crippen LogP contribution in [-0.4, -0.2) is 6.26 Å². The molecule has 0 aromatic heterocycles. The van der Waals surface area contributed by atoms with Crippen LogP contribution >= 0.6 is 11.8 Å². The molecular formula is C18H17NS. The van der Waals surface area contributed by atoms with Gasteiger partial charge in [0.05, 0.1) is 0 Å². The average molecular weight is 279 g/mol. The second kappa shape index (κ2) is 6.02. The Bertz CT molecular complexity index is 716. The monoisotopic (exact) mass is 279 g/mol. The lowest BCUT2D eigenvalue weighted by Crippen LogP contribution is -2.00. The fourth-order valence-electron chi connectivity index (χ4n) is 2.38. The molecule has 20 heavy (non-hydrogen) atoms. The fraction of sp³-hybridized carbons (Fsp3) is 0.111. The highest BCUT2D eigenvalue weighted by molar-refractivity contribution is 7.98. The van der Waals surface area contributed by atoms with Crippen molar-refractivity contribution in [3.63, 3.8) is 0 Å². The molecule has 0 amide bonds. The molecule has 3 rings (SSSR count). The Hall–Kier alpha value is -1.93. The molecule has 1 nitrogen and oxygen atoms in total. The normalized spacial score (nSPS) is 10.7. The molecule has 0 fully saturated rings. The predicted octanol–water partition coefficient (Wildman–Crippen LogP) is 5.17. The van der Waals surface area contributed by atoms with Crippen molar-refractivity contribution in [2.45, 2.75) is 11.4 Å².